The van der Waals surface area contributed by atoms with Crippen molar-refractivity contribution in [2.75, 3.05) is 0 Å². The SMILES string of the molecule is Cc1nc(C)nc(-c2cc(-c3ccc(-c4cnc5ccccc5c4)cc3)cc(-c3ccc(-c4cnc5ccccc5c4)cc3)c2)n1. The molecule has 0 saturated carbocycles. The molecule has 3 aromatic heterocycles. The van der Waals surface area contributed by atoms with Gasteiger partial charge in [-0.1, -0.05) is 84.9 Å². The first-order valence-electron chi connectivity index (χ1n) is 15.3. The van der Waals surface area contributed by atoms with Gasteiger partial charge in [0.05, 0.1) is 11.0 Å². The van der Waals surface area contributed by atoms with Crippen LogP contribution in [0.4, 0.5) is 0 Å². The first kappa shape index (κ1) is 27.5. The lowest BCUT2D eigenvalue weighted by Crippen LogP contribution is -1.99. The molecule has 0 radical (unpaired) electrons. The maximum atomic E-state index is 4.69. The fourth-order valence-corrected chi connectivity index (χ4v) is 6.00. The molecule has 0 N–H and O–H groups in total. The highest BCUT2D eigenvalue weighted by Crippen LogP contribution is 2.34. The van der Waals surface area contributed by atoms with Crippen molar-refractivity contribution in [3.63, 3.8) is 0 Å². The third-order valence-corrected chi connectivity index (χ3v) is 8.33. The van der Waals surface area contributed by atoms with Crippen LogP contribution in [0.1, 0.15) is 11.6 Å². The topological polar surface area (TPSA) is 64.5 Å². The summed E-state index contributed by atoms with van der Waals surface area (Å²) in [7, 11) is 0. The number of nitrogens with zero attached hydrogens (tertiary/aromatic N) is 5. The summed E-state index contributed by atoms with van der Waals surface area (Å²) in [4.78, 5) is 23.1. The van der Waals surface area contributed by atoms with Gasteiger partial charge < -0.3 is 0 Å². The fourth-order valence-electron chi connectivity index (χ4n) is 6.00. The van der Waals surface area contributed by atoms with E-state index in [1.54, 1.807) is 0 Å². The summed E-state index contributed by atoms with van der Waals surface area (Å²) in [6.07, 6.45) is 3.89. The number of aromatic nitrogens is 5. The molecule has 8 aromatic rings. The molecular weight excluding hydrogens is 562 g/mol. The molecule has 5 heteroatoms. The number of hydrogen-bond donors (Lipinski definition) is 0. The lowest BCUT2D eigenvalue weighted by atomic mass is 9.94. The molecule has 0 aliphatic rings. The summed E-state index contributed by atoms with van der Waals surface area (Å²) in [5.74, 6) is 2.08. The highest BCUT2D eigenvalue weighted by atomic mass is 15.0. The Morgan fingerprint density at radius 1 is 0.348 bits per heavy atom. The normalized spacial score (nSPS) is 11.3. The van der Waals surface area contributed by atoms with Crippen LogP contribution in [0.15, 0.2) is 140 Å². The summed E-state index contributed by atoms with van der Waals surface area (Å²) < 4.78 is 0. The van der Waals surface area contributed by atoms with Crippen LogP contribution in [0.3, 0.4) is 0 Å². The summed E-state index contributed by atoms with van der Waals surface area (Å²) in [5, 5.41) is 2.26. The van der Waals surface area contributed by atoms with Gasteiger partial charge in [0.15, 0.2) is 5.82 Å². The number of aryl methyl sites for hydroxylation is 2. The summed E-state index contributed by atoms with van der Waals surface area (Å²) in [5.41, 5.74) is 11.8. The van der Waals surface area contributed by atoms with Crippen LogP contribution in [0, 0.1) is 13.8 Å². The summed E-state index contributed by atoms with van der Waals surface area (Å²) >= 11 is 0. The highest BCUT2D eigenvalue weighted by Gasteiger charge is 2.12. The van der Waals surface area contributed by atoms with Crippen molar-refractivity contribution in [1.29, 1.82) is 0 Å². The van der Waals surface area contributed by atoms with E-state index in [0.717, 1.165) is 71.9 Å². The number of hydrogen-bond acceptors (Lipinski definition) is 5. The average molecular weight is 592 g/mol. The van der Waals surface area contributed by atoms with E-state index >= 15 is 0 Å². The second kappa shape index (κ2) is 11.5. The lowest BCUT2D eigenvalue weighted by molar-refractivity contribution is 0.928. The molecule has 3 heterocycles. The number of pyridine rings is 2. The third kappa shape index (κ3) is 5.39. The smallest absolute Gasteiger partial charge is 0.163 e. The molecule has 0 aliphatic carbocycles. The molecule has 5 nitrogen and oxygen atoms in total. The van der Waals surface area contributed by atoms with Crippen LogP contribution in [0.2, 0.25) is 0 Å². The van der Waals surface area contributed by atoms with Crippen LogP contribution >= 0.6 is 0 Å². The molecule has 0 atom stereocenters. The second-order valence-corrected chi connectivity index (χ2v) is 11.5. The monoisotopic (exact) mass is 591 g/mol. The van der Waals surface area contributed by atoms with E-state index in [1.807, 2.05) is 62.6 Å². The van der Waals surface area contributed by atoms with Gasteiger partial charge in [0, 0.05) is 39.9 Å². The summed E-state index contributed by atoms with van der Waals surface area (Å²) in [6.45, 7) is 3.81. The van der Waals surface area contributed by atoms with Crippen LogP contribution in [0.25, 0.3) is 77.7 Å². The molecule has 0 amide bonds. The van der Waals surface area contributed by atoms with Gasteiger partial charge in [-0.05, 0) is 89.7 Å². The molecule has 0 saturated heterocycles. The van der Waals surface area contributed by atoms with E-state index in [2.05, 4.69) is 106 Å². The van der Waals surface area contributed by atoms with Gasteiger partial charge in [-0.3, -0.25) is 9.97 Å². The van der Waals surface area contributed by atoms with E-state index in [1.165, 1.54) is 0 Å². The fraction of sp³-hybridized carbons (Fsp3) is 0.0488. The molecule has 0 fully saturated rings. The molecular formula is C41H29N5. The van der Waals surface area contributed by atoms with Gasteiger partial charge in [0.25, 0.3) is 0 Å². The van der Waals surface area contributed by atoms with E-state index in [0.29, 0.717) is 17.5 Å². The Balaban J connectivity index is 1.18. The molecule has 5 aromatic carbocycles. The predicted molar refractivity (Wildman–Crippen MR) is 187 cm³/mol. The largest absolute Gasteiger partial charge is 0.256 e. The van der Waals surface area contributed by atoms with E-state index < -0.39 is 0 Å². The Morgan fingerprint density at radius 2 is 0.739 bits per heavy atom. The van der Waals surface area contributed by atoms with Crippen molar-refractivity contribution >= 4 is 21.8 Å². The molecule has 0 aliphatic heterocycles. The minimum Gasteiger partial charge on any atom is -0.256 e. The predicted octanol–water partition coefficient (Wildman–Crippen LogP) is 9.92. The van der Waals surface area contributed by atoms with Crippen LogP contribution in [-0.4, -0.2) is 24.9 Å². The Labute approximate surface area is 267 Å². The number of benzene rings is 5. The Morgan fingerprint density at radius 3 is 1.20 bits per heavy atom. The van der Waals surface area contributed by atoms with Gasteiger partial charge >= 0.3 is 0 Å². The van der Waals surface area contributed by atoms with Gasteiger partial charge in [0.2, 0.25) is 0 Å². The van der Waals surface area contributed by atoms with Crippen molar-refractivity contribution in [2.45, 2.75) is 13.8 Å². The van der Waals surface area contributed by atoms with Crippen molar-refractivity contribution in [3.8, 4) is 55.9 Å². The molecule has 0 bridgehead atoms. The van der Waals surface area contributed by atoms with Crippen molar-refractivity contribution in [1.82, 2.24) is 24.9 Å². The lowest BCUT2D eigenvalue weighted by Gasteiger charge is -2.12. The maximum absolute atomic E-state index is 4.69. The van der Waals surface area contributed by atoms with Crippen molar-refractivity contribution < 1.29 is 0 Å². The van der Waals surface area contributed by atoms with Gasteiger partial charge in [-0.25, -0.2) is 15.0 Å². The van der Waals surface area contributed by atoms with Crippen LogP contribution in [0.5, 0.6) is 0 Å². The first-order valence-corrected chi connectivity index (χ1v) is 15.3. The molecule has 0 unspecified atom stereocenters. The van der Waals surface area contributed by atoms with Crippen LogP contribution in [-0.2, 0) is 0 Å². The van der Waals surface area contributed by atoms with Crippen molar-refractivity contribution in [3.05, 3.63) is 151 Å². The molecule has 218 valence electrons. The van der Waals surface area contributed by atoms with Gasteiger partial charge in [-0.15, -0.1) is 0 Å². The van der Waals surface area contributed by atoms with Crippen LogP contribution < -0.4 is 0 Å². The quantitative estimate of drug-likeness (QED) is 0.199. The first-order chi connectivity index (χ1) is 22.6. The van der Waals surface area contributed by atoms with E-state index in [4.69, 9.17) is 9.97 Å². The average Bonchev–Trinajstić information content (AvgIpc) is 3.11. The van der Waals surface area contributed by atoms with Gasteiger partial charge in [-0.2, -0.15) is 0 Å². The zero-order chi connectivity index (χ0) is 31.0. The molecule has 0 spiro atoms. The number of para-hydroxylation sites is 2. The summed E-state index contributed by atoms with van der Waals surface area (Å²) in [6, 6.07) is 44.7. The number of fused-ring (bicyclic) bond motifs is 2. The third-order valence-electron chi connectivity index (χ3n) is 8.33. The van der Waals surface area contributed by atoms with E-state index in [9.17, 15) is 0 Å². The maximum Gasteiger partial charge on any atom is 0.163 e. The zero-order valence-electron chi connectivity index (χ0n) is 25.5. The minimum absolute atomic E-state index is 0.672. The Bertz CT molecular complexity index is 2220. The highest BCUT2D eigenvalue weighted by molar-refractivity contribution is 5.86. The number of rotatable bonds is 5. The second-order valence-electron chi connectivity index (χ2n) is 11.5. The Kier molecular flexibility index (Phi) is 6.84. The Hall–Kier alpha value is -6.07. The standard InChI is InChI=1S/C41H29N5/c1-26-44-27(2)46-41(45-26)36-22-34(28-11-15-30(16-12-28)37-19-32-7-3-5-9-39(32)42-24-37)21-35(23-36)29-13-17-31(18-14-29)38-20-33-8-4-6-10-40(33)43-25-38/h3-25H,1-2H3. The van der Waals surface area contributed by atoms with Crippen molar-refractivity contribution in [2.24, 2.45) is 0 Å². The molecule has 46 heavy (non-hydrogen) atoms. The zero-order valence-corrected chi connectivity index (χ0v) is 25.5. The van der Waals surface area contributed by atoms with E-state index in [-0.39, 0.29) is 0 Å². The molecule has 8 rings (SSSR count). The van der Waals surface area contributed by atoms with Gasteiger partial charge in [0.1, 0.15) is 11.6 Å². The minimum atomic E-state index is 0.672.